The van der Waals surface area contributed by atoms with Gasteiger partial charge in [0, 0.05) is 10.8 Å². The molecule has 1 aromatic heterocycles. The fourth-order valence-electron chi connectivity index (χ4n) is 7.64. The Morgan fingerprint density at radius 3 is 2.24 bits per heavy atom. The number of hydrogen-bond donors (Lipinski definition) is 1. The first-order chi connectivity index (χ1) is 23.1. The number of nitrogens with zero attached hydrogens (tertiary/aromatic N) is 2. The van der Waals surface area contributed by atoms with E-state index in [9.17, 15) is 37.5 Å². The maximum Gasteiger partial charge on any atom is 0.258 e. The molecule has 1 N–H and O–H groups in total. The van der Waals surface area contributed by atoms with Crippen LogP contribution in [0.2, 0.25) is 0 Å². The summed E-state index contributed by atoms with van der Waals surface area (Å²) >= 11 is 18.8. The maximum atomic E-state index is 15.2. The van der Waals surface area contributed by atoms with Gasteiger partial charge in [-0.05, 0) is 63.8 Å². The van der Waals surface area contributed by atoms with Gasteiger partial charge in [-0.3, -0.25) is 24.1 Å². The SMILES string of the molecule is COc1cc([C@H]2C3=CC[C@@H]4C(=O)N(Cc5cccs5)C(=O)[C@@H]4[C@@H]3C[C@@]3(Cl)C(=O)N(c4c(F)c(F)c(F)c(F)c4F)C(=O)[C@@]23Cl)cc(Br)c1O. The highest BCUT2D eigenvalue weighted by atomic mass is 79.9. The van der Waals surface area contributed by atoms with Crippen molar-refractivity contribution in [2.45, 2.75) is 35.1 Å². The minimum absolute atomic E-state index is 0.000643. The molecule has 256 valence electrons. The number of benzene rings is 2. The molecule has 17 heteroatoms. The molecule has 3 aromatic rings. The van der Waals surface area contributed by atoms with Crippen molar-refractivity contribution in [1.29, 1.82) is 0 Å². The van der Waals surface area contributed by atoms with Crippen LogP contribution in [0.4, 0.5) is 27.6 Å². The number of alkyl halides is 2. The molecule has 1 saturated carbocycles. The van der Waals surface area contributed by atoms with Crippen LogP contribution in [0.5, 0.6) is 11.5 Å². The van der Waals surface area contributed by atoms with Gasteiger partial charge in [0.15, 0.2) is 44.5 Å². The Labute approximate surface area is 296 Å². The zero-order valence-electron chi connectivity index (χ0n) is 24.7. The van der Waals surface area contributed by atoms with Crippen molar-refractivity contribution in [2.24, 2.45) is 17.8 Å². The molecule has 3 fully saturated rings. The highest BCUT2D eigenvalue weighted by Crippen LogP contribution is 2.66. The monoisotopic (exact) mass is 804 g/mol. The van der Waals surface area contributed by atoms with Gasteiger partial charge in [0.2, 0.25) is 17.6 Å². The highest BCUT2D eigenvalue weighted by Gasteiger charge is 2.77. The lowest BCUT2D eigenvalue weighted by Gasteiger charge is -2.50. The van der Waals surface area contributed by atoms with Crippen LogP contribution in [0.15, 0.2) is 45.8 Å². The summed E-state index contributed by atoms with van der Waals surface area (Å²) in [6, 6.07) is 6.09. The van der Waals surface area contributed by atoms with Gasteiger partial charge >= 0.3 is 0 Å². The van der Waals surface area contributed by atoms with E-state index in [0.717, 1.165) is 9.78 Å². The number of ether oxygens (including phenoxy) is 1. The number of phenolic OH excluding ortho intramolecular Hbond substituents is 1. The minimum atomic E-state index is -2.70. The number of halogens is 8. The van der Waals surface area contributed by atoms with Crippen LogP contribution in [0.1, 0.15) is 29.2 Å². The van der Waals surface area contributed by atoms with Crippen molar-refractivity contribution >= 4 is 79.8 Å². The molecule has 6 atom stereocenters. The lowest BCUT2D eigenvalue weighted by atomic mass is 9.56. The van der Waals surface area contributed by atoms with Gasteiger partial charge in [-0.25, -0.2) is 26.9 Å². The molecule has 2 aliphatic carbocycles. The van der Waals surface area contributed by atoms with Gasteiger partial charge in [-0.1, -0.05) is 17.7 Å². The van der Waals surface area contributed by atoms with E-state index in [1.165, 1.54) is 30.6 Å². The fourth-order valence-corrected chi connectivity index (χ4v) is 9.72. The number of fused-ring (bicyclic) bond motifs is 4. The van der Waals surface area contributed by atoms with Gasteiger partial charge in [-0.2, -0.15) is 0 Å². The Morgan fingerprint density at radius 2 is 1.63 bits per heavy atom. The van der Waals surface area contributed by atoms with Crippen LogP contribution < -0.4 is 9.64 Å². The molecule has 8 nitrogen and oxygen atoms in total. The lowest BCUT2D eigenvalue weighted by molar-refractivity contribution is -0.141. The predicted octanol–water partition coefficient (Wildman–Crippen LogP) is 6.68. The molecule has 49 heavy (non-hydrogen) atoms. The molecule has 0 unspecified atom stereocenters. The summed E-state index contributed by atoms with van der Waals surface area (Å²) in [4.78, 5) is 52.5. The number of hydrogen-bond acceptors (Lipinski definition) is 7. The Balaban J connectivity index is 1.44. The average Bonchev–Trinajstić information content (AvgIpc) is 3.72. The number of thiophene rings is 1. The summed E-state index contributed by atoms with van der Waals surface area (Å²) in [6.07, 6.45) is 0.962. The van der Waals surface area contributed by atoms with E-state index in [1.54, 1.807) is 23.6 Å². The first-order valence-electron chi connectivity index (χ1n) is 14.5. The van der Waals surface area contributed by atoms with Crippen molar-refractivity contribution in [1.82, 2.24) is 4.90 Å². The fraction of sp³-hybridized carbons (Fsp3) is 0.312. The second kappa shape index (κ2) is 11.5. The summed E-state index contributed by atoms with van der Waals surface area (Å²) in [5.74, 6) is -21.6. The Kier molecular flexibility index (Phi) is 7.97. The second-order valence-electron chi connectivity index (χ2n) is 12.1. The largest absolute Gasteiger partial charge is 0.503 e. The number of methoxy groups -OCH3 is 1. The summed E-state index contributed by atoms with van der Waals surface area (Å²) in [5.41, 5.74) is -1.52. The van der Waals surface area contributed by atoms with Crippen LogP contribution in [0, 0.1) is 46.8 Å². The number of aromatic hydroxyl groups is 1. The minimum Gasteiger partial charge on any atom is -0.503 e. The van der Waals surface area contributed by atoms with Crippen molar-refractivity contribution in [3.8, 4) is 11.5 Å². The van der Waals surface area contributed by atoms with Crippen molar-refractivity contribution < 1.29 is 51.0 Å². The third-order valence-corrected chi connectivity index (χ3v) is 12.7. The average molecular weight is 806 g/mol. The number of phenols is 1. The van der Waals surface area contributed by atoms with Crippen LogP contribution >= 0.6 is 50.5 Å². The number of imide groups is 2. The Hall–Kier alpha value is -3.53. The second-order valence-corrected chi connectivity index (χ2v) is 15.2. The highest BCUT2D eigenvalue weighted by molar-refractivity contribution is 9.10. The van der Waals surface area contributed by atoms with E-state index in [4.69, 9.17) is 27.9 Å². The van der Waals surface area contributed by atoms with E-state index in [-0.39, 0.29) is 45.0 Å². The quantitative estimate of drug-likeness (QED) is 0.0771. The Bertz CT molecular complexity index is 2020. The molecular weight excluding hydrogens is 786 g/mol. The molecule has 2 aliphatic heterocycles. The normalized spacial score (nSPS) is 29.3. The molecule has 7 rings (SSSR count). The number of rotatable bonds is 5. The summed E-state index contributed by atoms with van der Waals surface area (Å²) in [7, 11) is 1.22. The van der Waals surface area contributed by atoms with E-state index in [1.807, 2.05) is 0 Å². The van der Waals surface area contributed by atoms with Crippen LogP contribution in [0.25, 0.3) is 0 Å². The summed E-state index contributed by atoms with van der Waals surface area (Å²) in [5, 5.41) is 12.3. The lowest BCUT2D eigenvalue weighted by Crippen LogP contribution is -2.60. The van der Waals surface area contributed by atoms with E-state index in [0.29, 0.717) is 0 Å². The number of carbonyl (C=O) groups is 4. The first-order valence-corrected chi connectivity index (χ1v) is 16.9. The van der Waals surface area contributed by atoms with Gasteiger partial charge < -0.3 is 9.84 Å². The molecule has 4 aliphatic rings. The molecule has 0 bridgehead atoms. The smallest absolute Gasteiger partial charge is 0.258 e. The van der Waals surface area contributed by atoms with Crippen molar-refractivity contribution in [3.05, 3.63) is 85.3 Å². The van der Waals surface area contributed by atoms with Gasteiger partial charge in [0.1, 0.15) is 5.69 Å². The third-order valence-electron chi connectivity index (χ3n) is 9.81. The molecule has 3 heterocycles. The number of amides is 4. The zero-order chi connectivity index (χ0) is 35.5. The number of anilines is 1. The Morgan fingerprint density at radius 1 is 0.980 bits per heavy atom. The molecule has 2 saturated heterocycles. The topological polar surface area (TPSA) is 104 Å². The predicted molar refractivity (Wildman–Crippen MR) is 169 cm³/mol. The summed E-state index contributed by atoms with van der Waals surface area (Å²) < 4.78 is 78.6. The van der Waals surface area contributed by atoms with Crippen LogP contribution in [0.3, 0.4) is 0 Å². The van der Waals surface area contributed by atoms with Crippen LogP contribution in [-0.2, 0) is 25.7 Å². The molecule has 4 amide bonds. The number of likely N-dealkylation sites (tertiary alicyclic amines) is 1. The number of allylic oxidation sites excluding steroid dienone is 2. The maximum absolute atomic E-state index is 15.2. The first kappa shape index (κ1) is 33.9. The molecule has 0 spiro atoms. The van der Waals surface area contributed by atoms with E-state index >= 15 is 8.78 Å². The molecular formula is C32H20BrCl2F5N2O6S. The number of carbonyl (C=O) groups excluding carboxylic acids is 4. The standard InChI is InChI=1S/C32H20BrCl2F5N2O6S/c1-48-17-8-11(7-16(33)26(17)43)19-13-4-5-14-18(28(45)41(27(14)44)10-12-3-2-6-49-12)15(13)9-31(34)29(46)42(30(47)32(19,31)35)25-23(39)21(37)20(36)22(38)24(25)40/h2-4,6-8,14-15,18-19,43H,5,9-10H2,1H3/t14-,15+,18-,19-,31+,32-/m0/s1. The molecule has 0 radical (unpaired) electrons. The van der Waals surface area contributed by atoms with E-state index in [2.05, 4.69) is 15.9 Å². The van der Waals surface area contributed by atoms with E-state index < -0.39 is 98.2 Å². The summed E-state index contributed by atoms with van der Waals surface area (Å²) in [6.45, 7) is -0.0210. The van der Waals surface area contributed by atoms with Gasteiger partial charge in [-0.15, -0.1) is 34.5 Å². The van der Waals surface area contributed by atoms with Crippen molar-refractivity contribution in [2.75, 3.05) is 12.0 Å². The van der Waals surface area contributed by atoms with Gasteiger partial charge in [0.25, 0.3) is 11.8 Å². The van der Waals surface area contributed by atoms with Crippen molar-refractivity contribution in [3.63, 3.8) is 0 Å². The third kappa shape index (κ3) is 4.44. The van der Waals surface area contributed by atoms with Gasteiger partial charge in [0.05, 0.1) is 30.0 Å². The molecule has 2 aromatic carbocycles. The van der Waals surface area contributed by atoms with Crippen LogP contribution in [-0.4, -0.2) is 50.5 Å². The zero-order valence-corrected chi connectivity index (χ0v) is 28.6.